The van der Waals surface area contributed by atoms with Gasteiger partial charge in [-0.3, -0.25) is 0 Å². The van der Waals surface area contributed by atoms with Crippen LogP contribution in [-0.2, 0) is 11.2 Å². The average Bonchev–Trinajstić information content (AvgIpc) is 2.97. The first kappa shape index (κ1) is 11.7. The molecule has 0 spiro atoms. The molecule has 1 N–H and O–H groups in total. The van der Waals surface area contributed by atoms with E-state index in [1.807, 2.05) is 11.3 Å². The van der Waals surface area contributed by atoms with Gasteiger partial charge < -0.3 is 10.1 Å². The van der Waals surface area contributed by atoms with E-state index in [2.05, 4.69) is 23.8 Å². The van der Waals surface area contributed by atoms with Crippen LogP contribution >= 0.6 is 11.3 Å². The largest absolute Gasteiger partial charge is 0.372 e. The Morgan fingerprint density at radius 1 is 1.35 bits per heavy atom. The van der Waals surface area contributed by atoms with Gasteiger partial charge in [0.25, 0.3) is 0 Å². The molecular weight excluding hydrogens is 230 g/mol. The van der Waals surface area contributed by atoms with Gasteiger partial charge in [-0.25, -0.2) is 0 Å². The van der Waals surface area contributed by atoms with Gasteiger partial charge in [0, 0.05) is 17.0 Å². The Labute approximate surface area is 107 Å². The highest BCUT2D eigenvalue weighted by molar-refractivity contribution is 7.10. The van der Waals surface area contributed by atoms with E-state index in [0.29, 0.717) is 0 Å². The maximum absolute atomic E-state index is 6.21. The minimum Gasteiger partial charge on any atom is -0.372 e. The SMILES string of the molecule is CNC1(C2OCCCc3sccc32)CCCC1. The topological polar surface area (TPSA) is 21.3 Å². The highest BCUT2D eigenvalue weighted by atomic mass is 32.1. The van der Waals surface area contributed by atoms with E-state index in [0.717, 1.165) is 6.61 Å². The molecule has 0 bridgehead atoms. The maximum Gasteiger partial charge on any atom is 0.102 e. The Kier molecular flexibility index (Phi) is 3.24. The van der Waals surface area contributed by atoms with E-state index in [-0.39, 0.29) is 11.6 Å². The van der Waals surface area contributed by atoms with Crippen molar-refractivity contribution >= 4 is 11.3 Å². The van der Waals surface area contributed by atoms with E-state index >= 15 is 0 Å². The summed E-state index contributed by atoms with van der Waals surface area (Å²) >= 11 is 1.90. The molecule has 1 aliphatic heterocycles. The molecule has 0 radical (unpaired) electrons. The summed E-state index contributed by atoms with van der Waals surface area (Å²) in [5.41, 5.74) is 1.66. The highest BCUT2D eigenvalue weighted by Crippen LogP contribution is 2.45. The fourth-order valence-electron chi connectivity index (χ4n) is 3.42. The Hall–Kier alpha value is -0.380. The molecule has 1 aromatic heterocycles. The van der Waals surface area contributed by atoms with Gasteiger partial charge in [0.2, 0.25) is 0 Å². The first-order valence-corrected chi connectivity index (χ1v) is 7.60. The zero-order valence-corrected chi connectivity index (χ0v) is 11.3. The molecule has 1 aromatic rings. The summed E-state index contributed by atoms with van der Waals surface area (Å²) in [5, 5.41) is 5.81. The molecule has 94 valence electrons. The number of likely N-dealkylation sites (N-methyl/N-ethyl adjacent to an activating group) is 1. The minimum atomic E-state index is 0.195. The molecular formula is C14H21NOS. The summed E-state index contributed by atoms with van der Waals surface area (Å²) in [7, 11) is 2.10. The van der Waals surface area contributed by atoms with Crippen molar-refractivity contribution in [2.24, 2.45) is 0 Å². The van der Waals surface area contributed by atoms with Gasteiger partial charge >= 0.3 is 0 Å². The van der Waals surface area contributed by atoms with Crippen molar-refractivity contribution in [3.8, 4) is 0 Å². The van der Waals surface area contributed by atoms with Gasteiger partial charge in [-0.2, -0.15) is 0 Å². The quantitative estimate of drug-likeness (QED) is 0.871. The molecule has 1 unspecified atom stereocenters. The van der Waals surface area contributed by atoms with Crippen molar-refractivity contribution in [3.63, 3.8) is 0 Å². The van der Waals surface area contributed by atoms with Crippen LogP contribution in [0.5, 0.6) is 0 Å². The Morgan fingerprint density at radius 2 is 2.18 bits per heavy atom. The van der Waals surface area contributed by atoms with Crippen molar-refractivity contribution < 1.29 is 4.74 Å². The predicted molar refractivity (Wildman–Crippen MR) is 71.6 cm³/mol. The van der Waals surface area contributed by atoms with Gasteiger partial charge in [-0.15, -0.1) is 11.3 Å². The molecule has 3 heteroatoms. The molecule has 2 nitrogen and oxygen atoms in total. The number of ether oxygens (including phenoxy) is 1. The summed E-state index contributed by atoms with van der Waals surface area (Å²) in [4.78, 5) is 1.55. The third kappa shape index (κ3) is 1.94. The number of fused-ring (bicyclic) bond motifs is 1. The number of aryl methyl sites for hydroxylation is 1. The van der Waals surface area contributed by atoms with Crippen LogP contribution in [0, 0.1) is 0 Å². The van der Waals surface area contributed by atoms with E-state index in [1.54, 1.807) is 4.88 Å². The molecule has 17 heavy (non-hydrogen) atoms. The Balaban J connectivity index is 1.97. The molecule has 0 saturated heterocycles. The maximum atomic E-state index is 6.21. The molecule has 2 aliphatic rings. The summed E-state index contributed by atoms with van der Waals surface area (Å²) < 4.78 is 6.21. The molecule has 0 aromatic carbocycles. The fraction of sp³-hybridized carbons (Fsp3) is 0.714. The number of hydrogen-bond acceptors (Lipinski definition) is 3. The molecule has 0 amide bonds. The van der Waals surface area contributed by atoms with Crippen LogP contribution in [0.4, 0.5) is 0 Å². The van der Waals surface area contributed by atoms with Crippen molar-refractivity contribution in [1.82, 2.24) is 5.32 Å². The number of hydrogen-bond donors (Lipinski definition) is 1. The van der Waals surface area contributed by atoms with Crippen LogP contribution in [0.1, 0.15) is 48.6 Å². The van der Waals surface area contributed by atoms with Gasteiger partial charge in [0.05, 0.1) is 0 Å². The standard InChI is InChI=1S/C14H21NOS/c1-15-14(7-2-3-8-14)13-11-6-10-17-12(11)5-4-9-16-13/h6,10,13,15H,2-5,7-9H2,1H3. The zero-order valence-electron chi connectivity index (χ0n) is 10.5. The minimum absolute atomic E-state index is 0.195. The third-order valence-corrected chi connectivity index (χ3v) is 5.39. The smallest absolute Gasteiger partial charge is 0.102 e. The lowest BCUT2D eigenvalue weighted by Crippen LogP contribution is -2.46. The number of rotatable bonds is 2. The molecule has 1 saturated carbocycles. The van der Waals surface area contributed by atoms with Crippen molar-refractivity contribution in [2.45, 2.75) is 50.2 Å². The van der Waals surface area contributed by atoms with Gasteiger partial charge in [0.15, 0.2) is 0 Å². The van der Waals surface area contributed by atoms with Crippen LogP contribution in [0.3, 0.4) is 0 Å². The Morgan fingerprint density at radius 3 is 2.94 bits per heavy atom. The summed E-state index contributed by atoms with van der Waals surface area (Å²) in [5.74, 6) is 0. The average molecular weight is 251 g/mol. The first-order chi connectivity index (χ1) is 8.36. The molecule has 3 rings (SSSR count). The van der Waals surface area contributed by atoms with Crippen LogP contribution in [-0.4, -0.2) is 19.2 Å². The van der Waals surface area contributed by atoms with Gasteiger partial charge in [-0.1, -0.05) is 12.8 Å². The normalized spacial score (nSPS) is 27.7. The van der Waals surface area contributed by atoms with E-state index in [9.17, 15) is 0 Å². The zero-order chi connectivity index (χ0) is 11.7. The number of thiophene rings is 1. The van der Waals surface area contributed by atoms with E-state index < -0.39 is 0 Å². The monoisotopic (exact) mass is 251 g/mol. The van der Waals surface area contributed by atoms with Crippen molar-refractivity contribution in [3.05, 3.63) is 21.9 Å². The second-order valence-corrected chi connectivity index (χ2v) is 6.27. The molecule has 1 aliphatic carbocycles. The van der Waals surface area contributed by atoms with Crippen LogP contribution in [0.25, 0.3) is 0 Å². The lowest BCUT2D eigenvalue weighted by Gasteiger charge is -2.37. The first-order valence-electron chi connectivity index (χ1n) is 6.72. The third-order valence-electron chi connectivity index (χ3n) is 4.39. The fourth-order valence-corrected chi connectivity index (χ4v) is 4.37. The second kappa shape index (κ2) is 4.71. The lowest BCUT2D eigenvalue weighted by molar-refractivity contribution is -0.0105. The summed E-state index contributed by atoms with van der Waals surface area (Å²) in [6.45, 7) is 0.912. The van der Waals surface area contributed by atoms with Crippen LogP contribution < -0.4 is 5.32 Å². The van der Waals surface area contributed by atoms with Gasteiger partial charge in [0.1, 0.15) is 6.10 Å². The summed E-state index contributed by atoms with van der Waals surface area (Å²) in [6, 6.07) is 2.29. The summed E-state index contributed by atoms with van der Waals surface area (Å²) in [6.07, 6.45) is 7.82. The van der Waals surface area contributed by atoms with Crippen LogP contribution in [0.15, 0.2) is 11.4 Å². The van der Waals surface area contributed by atoms with Crippen LogP contribution in [0.2, 0.25) is 0 Å². The molecule has 1 atom stereocenters. The predicted octanol–water partition coefficient (Wildman–Crippen LogP) is 3.28. The van der Waals surface area contributed by atoms with E-state index in [1.165, 1.54) is 44.1 Å². The van der Waals surface area contributed by atoms with E-state index in [4.69, 9.17) is 4.74 Å². The Bertz CT molecular complexity index is 381. The molecule has 1 fully saturated rings. The number of nitrogens with one attached hydrogen (secondary N) is 1. The molecule has 2 heterocycles. The second-order valence-electron chi connectivity index (χ2n) is 5.27. The van der Waals surface area contributed by atoms with Crippen molar-refractivity contribution in [2.75, 3.05) is 13.7 Å². The van der Waals surface area contributed by atoms with Crippen molar-refractivity contribution in [1.29, 1.82) is 0 Å². The highest BCUT2D eigenvalue weighted by Gasteiger charge is 2.43. The van der Waals surface area contributed by atoms with Gasteiger partial charge in [-0.05, 0) is 49.7 Å². The lowest BCUT2D eigenvalue weighted by atomic mass is 9.86.